The molecule has 1 aromatic carbocycles. The third-order valence-electron chi connectivity index (χ3n) is 9.47. The molecule has 0 unspecified atom stereocenters. The molecule has 4 aliphatic heterocycles. The zero-order valence-corrected chi connectivity index (χ0v) is 21.8. The van der Waals surface area contributed by atoms with Gasteiger partial charge in [-0.05, 0) is 109 Å². The zero-order valence-electron chi connectivity index (χ0n) is 21.8. The molecule has 4 heterocycles. The van der Waals surface area contributed by atoms with E-state index in [4.69, 9.17) is 0 Å². The summed E-state index contributed by atoms with van der Waals surface area (Å²) in [6.07, 6.45) is 9.48. The molecule has 4 fully saturated rings. The highest BCUT2D eigenvalue weighted by Gasteiger charge is 2.49. The van der Waals surface area contributed by atoms with Crippen LogP contribution in [-0.2, 0) is 4.79 Å². The normalized spacial score (nSPS) is 30.1. The van der Waals surface area contributed by atoms with Crippen LogP contribution in [0.1, 0.15) is 68.1 Å². The van der Waals surface area contributed by atoms with Gasteiger partial charge in [-0.15, -0.1) is 0 Å². The Morgan fingerprint density at radius 2 is 1.69 bits per heavy atom. The highest BCUT2D eigenvalue weighted by molar-refractivity contribution is 5.94. The summed E-state index contributed by atoms with van der Waals surface area (Å²) >= 11 is 0. The molecule has 0 radical (unpaired) electrons. The largest absolute Gasteiger partial charge is 0.343 e. The molecule has 0 N–H and O–H groups in total. The molecule has 35 heavy (non-hydrogen) atoms. The lowest BCUT2D eigenvalue weighted by Gasteiger charge is -2.57. The van der Waals surface area contributed by atoms with Gasteiger partial charge in [0.25, 0.3) is 5.91 Å². The summed E-state index contributed by atoms with van der Waals surface area (Å²) in [5.74, 6) is 1.59. The Bertz CT molecular complexity index is 867. The van der Waals surface area contributed by atoms with Gasteiger partial charge < -0.3 is 14.7 Å². The molecule has 0 aromatic heterocycles. The molecule has 0 saturated carbocycles. The molecule has 0 spiro atoms. The van der Waals surface area contributed by atoms with E-state index < -0.39 is 0 Å². The van der Waals surface area contributed by atoms with Gasteiger partial charge in [0, 0.05) is 43.7 Å². The minimum atomic E-state index is 0.187. The van der Waals surface area contributed by atoms with E-state index in [1.165, 1.54) is 38.8 Å². The van der Waals surface area contributed by atoms with Crippen LogP contribution in [0.3, 0.4) is 0 Å². The van der Waals surface area contributed by atoms with Gasteiger partial charge in [0.15, 0.2) is 0 Å². The summed E-state index contributed by atoms with van der Waals surface area (Å²) in [5.41, 5.74) is 0.803. The number of carbonyl (C=O) groups excluding carboxylic acids is 2. The van der Waals surface area contributed by atoms with E-state index in [1.807, 2.05) is 42.3 Å². The maximum absolute atomic E-state index is 13.7. The molecule has 4 aliphatic rings. The van der Waals surface area contributed by atoms with E-state index in [1.54, 1.807) is 0 Å². The maximum atomic E-state index is 13.7. The number of amides is 2. The van der Waals surface area contributed by atoms with Crippen LogP contribution in [0, 0.1) is 11.8 Å². The van der Waals surface area contributed by atoms with Crippen molar-refractivity contribution in [3.63, 3.8) is 0 Å². The van der Waals surface area contributed by atoms with Crippen LogP contribution in [0.25, 0.3) is 0 Å². The summed E-state index contributed by atoms with van der Waals surface area (Å²) in [6.45, 7) is 5.45. The molecule has 1 aromatic rings. The number of carbonyl (C=O) groups is 2. The van der Waals surface area contributed by atoms with Crippen LogP contribution in [0.15, 0.2) is 30.3 Å². The van der Waals surface area contributed by atoms with Crippen molar-refractivity contribution in [3.8, 4) is 0 Å². The lowest BCUT2D eigenvalue weighted by molar-refractivity contribution is -0.133. The molecule has 6 nitrogen and oxygen atoms in total. The summed E-state index contributed by atoms with van der Waals surface area (Å²) in [7, 11) is 4.16. The minimum Gasteiger partial charge on any atom is -0.343 e. The van der Waals surface area contributed by atoms with E-state index in [2.05, 4.69) is 21.7 Å². The lowest BCUT2D eigenvalue weighted by Crippen LogP contribution is -2.65. The Kier molecular flexibility index (Phi) is 7.78. The van der Waals surface area contributed by atoms with Gasteiger partial charge >= 0.3 is 0 Å². The number of hydrogen-bond donors (Lipinski definition) is 0. The van der Waals surface area contributed by atoms with E-state index in [9.17, 15) is 9.59 Å². The average molecular weight is 481 g/mol. The monoisotopic (exact) mass is 480 g/mol. The highest BCUT2D eigenvalue weighted by Crippen LogP contribution is 2.43. The standard InChI is InChI=1S/C29H44N4O2/c1-30-19-15-24(16-20-30)31(2)27(34)14-6-13-26-25-12-8-18-32-17-7-11-23(28(25)32)21-33(26)29(35)22-9-4-3-5-10-22/h3-5,9-10,23-26,28H,6-8,11-21H2,1-2H3/t23-,25+,26+,28-/m0/s1. The van der Waals surface area contributed by atoms with E-state index in [0.29, 0.717) is 30.3 Å². The topological polar surface area (TPSA) is 47.1 Å². The van der Waals surface area contributed by atoms with Crippen molar-refractivity contribution in [2.75, 3.05) is 46.8 Å². The smallest absolute Gasteiger partial charge is 0.254 e. The van der Waals surface area contributed by atoms with Crippen LogP contribution < -0.4 is 0 Å². The fourth-order valence-corrected chi connectivity index (χ4v) is 7.57. The van der Waals surface area contributed by atoms with Crippen LogP contribution in [0.2, 0.25) is 0 Å². The van der Waals surface area contributed by atoms with Crippen LogP contribution in [-0.4, -0.2) is 96.4 Å². The van der Waals surface area contributed by atoms with Gasteiger partial charge in [-0.3, -0.25) is 14.5 Å². The molecular weight excluding hydrogens is 436 g/mol. The Hall–Kier alpha value is -1.92. The second kappa shape index (κ2) is 11.0. The molecule has 0 bridgehead atoms. The third kappa shape index (κ3) is 5.29. The SMILES string of the molecule is CN1CCC(N(C)C(=O)CCC[C@@H]2[C@H]3CCCN4CCC[C@@H](CN2C(=O)c2ccccc2)[C@@H]34)CC1. The van der Waals surface area contributed by atoms with Crippen molar-refractivity contribution in [2.24, 2.45) is 11.8 Å². The van der Waals surface area contributed by atoms with Gasteiger partial charge in [-0.1, -0.05) is 18.2 Å². The molecular formula is C29H44N4O2. The van der Waals surface area contributed by atoms with Crippen molar-refractivity contribution in [3.05, 3.63) is 35.9 Å². The molecule has 5 rings (SSSR count). The van der Waals surface area contributed by atoms with E-state index in [-0.39, 0.29) is 17.9 Å². The van der Waals surface area contributed by atoms with Crippen molar-refractivity contribution < 1.29 is 9.59 Å². The second-order valence-electron chi connectivity index (χ2n) is 11.6. The van der Waals surface area contributed by atoms with Gasteiger partial charge in [-0.2, -0.15) is 0 Å². The number of benzene rings is 1. The first-order valence-electron chi connectivity index (χ1n) is 14.1. The maximum Gasteiger partial charge on any atom is 0.254 e. The summed E-state index contributed by atoms with van der Waals surface area (Å²) in [4.78, 5) is 36.1. The lowest BCUT2D eigenvalue weighted by atomic mass is 9.69. The fraction of sp³-hybridized carbons (Fsp3) is 0.724. The van der Waals surface area contributed by atoms with Gasteiger partial charge in [0.1, 0.15) is 0 Å². The first kappa shape index (κ1) is 24.8. The number of rotatable bonds is 6. The minimum absolute atomic E-state index is 0.187. The Labute approximate surface area is 211 Å². The number of likely N-dealkylation sites (tertiary alicyclic amines) is 2. The Morgan fingerprint density at radius 1 is 0.971 bits per heavy atom. The number of hydrogen-bond acceptors (Lipinski definition) is 4. The van der Waals surface area contributed by atoms with Crippen LogP contribution in [0.4, 0.5) is 0 Å². The molecule has 192 valence electrons. The predicted molar refractivity (Wildman–Crippen MR) is 139 cm³/mol. The summed E-state index contributed by atoms with van der Waals surface area (Å²) in [6, 6.07) is 11.1. The zero-order chi connectivity index (χ0) is 24.4. The fourth-order valence-electron chi connectivity index (χ4n) is 7.57. The average Bonchev–Trinajstić information content (AvgIpc) is 2.90. The van der Waals surface area contributed by atoms with Crippen LogP contribution >= 0.6 is 0 Å². The first-order valence-corrected chi connectivity index (χ1v) is 14.1. The van der Waals surface area contributed by atoms with E-state index >= 15 is 0 Å². The van der Waals surface area contributed by atoms with Crippen molar-refractivity contribution in [2.45, 2.75) is 75.9 Å². The summed E-state index contributed by atoms with van der Waals surface area (Å²) < 4.78 is 0. The first-order chi connectivity index (χ1) is 17.0. The Morgan fingerprint density at radius 3 is 2.43 bits per heavy atom. The van der Waals surface area contributed by atoms with Crippen molar-refractivity contribution in [1.29, 1.82) is 0 Å². The molecule has 2 amide bonds. The van der Waals surface area contributed by atoms with Gasteiger partial charge in [0.2, 0.25) is 5.91 Å². The number of piperidine rings is 4. The van der Waals surface area contributed by atoms with E-state index in [0.717, 1.165) is 50.9 Å². The summed E-state index contributed by atoms with van der Waals surface area (Å²) in [5, 5.41) is 0. The van der Waals surface area contributed by atoms with Crippen LogP contribution in [0.5, 0.6) is 0 Å². The molecule has 4 atom stereocenters. The quantitative estimate of drug-likeness (QED) is 0.623. The van der Waals surface area contributed by atoms with Gasteiger partial charge in [-0.25, -0.2) is 0 Å². The van der Waals surface area contributed by atoms with Crippen molar-refractivity contribution >= 4 is 11.8 Å². The molecule has 0 aliphatic carbocycles. The highest BCUT2D eigenvalue weighted by atomic mass is 16.2. The van der Waals surface area contributed by atoms with Gasteiger partial charge in [0.05, 0.1) is 0 Å². The molecule has 6 heteroatoms. The van der Waals surface area contributed by atoms with Crippen molar-refractivity contribution in [1.82, 2.24) is 19.6 Å². The second-order valence-corrected chi connectivity index (χ2v) is 11.6. The third-order valence-corrected chi connectivity index (χ3v) is 9.47. The Balaban J connectivity index is 1.27. The predicted octanol–water partition coefficient (Wildman–Crippen LogP) is 3.72. The molecule has 4 saturated heterocycles. The number of nitrogens with zero attached hydrogens (tertiary/aromatic N) is 4.